The number of allylic oxidation sites excluding steroid dienone is 1. The fourth-order valence-corrected chi connectivity index (χ4v) is 2.78. The van der Waals surface area contributed by atoms with Gasteiger partial charge < -0.3 is 9.84 Å². The first-order valence-electron chi connectivity index (χ1n) is 7.99. The van der Waals surface area contributed by atoms with E-state index in [-0.39, 0.29) is 5.92 Å². The number of carboxylic acid groups (broad SMARTS) is 1. The van der Waals surface area contributed by atoms with E-state index in [1.54, 1.807) is 6.08 Å². The van der Waals surface area contributed by atoms with Gasteiger partial charge >= 0.3 is 11.9 Å². The summed E-state index contributed by atoms with van der Waals surface area (Å²) in [6.45, 7) is 6.65. The van der Waals surface area contributed by atoms with Gasteiger partial charge in [0, 0.05) is 0 Å². The van der Waals surface area contributed by atoms with Crippen LogP contribution in [0.5, 0.6) is 0 Å². The minimum Gasteiger partial charge on any atom is -0.481 e. The Morgan fingerprint density at radius 1 is 1.29 bits per heavy atom. The second-order valence-electron chi connectivity index (χ2n) is 6.44. The van der Waals surface area contributed by atoms with Crippen molar-refractivity contribution < 1.29 is 19.4 Å². The fourth-order valence-electron chi connectivity index (χ4n) is 2.78. The van der Waals surface area contributed by atoms with Gasteiger partial charge in [-0.05, 0) is 24.7 Å². The molecule has 0 aromatic carbocycles. The Hall–Kier alpha value is -1.32. The van der Waals surface area contributed by atoms with E-state index in [1.807, 2.05) is 13.0 Å². The zero-order chi connectivity index (χ0) is 15.8. The van der Waals surface area contributed by atoms with Crippen LogP contribution in [0.25, 0.3) is 0 Å². The lowest BCUT2D eigenvalue weighted by Crippen LogP contribution is -2.36. The number of esters is 1. The normalized spacial score (nSPS) is 25.0. The van der Waals surface area contributed by atoms with Crippen molar-refractivity contribution in [3.05, 3.63) is 12.2 Å². The highest BCUT2D eigenvalue weighted by atomic mass is 16.5. The molecular formula is C17H28O4. The van der Waals surface area contributed by atoms with Crippen molar-refractivity contribution >= 4 is 11.9 Å². The number of carbonyl (C=O) groups is 2. The molecule has 0 fully saturated rings. The largest absolute Gasteiger partial charge is 0.481 e. The first-order valence-corrected chi connectivity index (χ1v) is 7.99. The van der Waals surface area contributed by atoms with Gasteiger partial charge in [-0.3, -0.25) is 9.59 Å². The van der Waals surface area contributed by atoms with Gasteiger partial charge in [0.1, 0.15) is 0 Å². The predicted molar refractivity (Wildman–Crippen MR) is 81.8 cm³/mol. The Morgan fingerprint density at radius 2 is 2.00 bits per heavy atom. The van der Waals surface area contributed by atoms with E-state index in [9.17, 15) is 14.7 Å². The molecule has 0 amide bonds. The highest BCUT2D eigenvalue weighted by molar-refractivity contribution is 5.83. The topological polar surface area (TPSA) is 63.6 Å². The monoisotopic (exact) mass is 296 g/mol. The maximum absolute atomic E-state index is 12.1. The molecule has 1 aliphatic rings. The van der Waals surface area contributed by atoms with Crippen LogP contribution in [-0.4, -0.2) is 23.7 Å². The summed E-state index contributed by atoms with van der Waals surface area (Å²) in [4.78, 5) is 23.4. The molecule has 21 heavy (non-hydrogen) atoms. The van der Waals surface area contributed by atoms with Gasteiger partial charge in [-0.2, -0.15) is 0 Å². The summed E-state index contributed by atoms with van der Waals surface area (Å²) in [5, 5.41) is 9.28. The summed E-state index contributed by atoms with van der Waals surface area (Å²) in [6.07, 6.45) is 8.52. The van der Waals surface area contributed by atoms with E-state index < -0.39 is 23.8 Å². The molecule has 0 bridgehead atoms. The van der Waals surface area contributed by atoms with Crippen LogP contribution in [0.15, 0.2) is 12.2 Å². The molecule has 0 heterocycles. The van der Waals surface area contributed by atoms with Gasteiger partial charge in [0.15, 0.2) is 0 Å². The van der Waals surface area contributed by atoms with Crippen LogP contribution < -0.4 is 0 Å². The summed E-state index contributed by atoms with van der Waals surface area (Å²) < 4.78 is 5.26. The summed E-state index contributed by atoms with van der Waals surface area (Å²) >= 11 is 0. The van der Waals surface area contributed by atoms with Gasteiger partial charge in [0.25, 0.3) is 0 Å². The predicted octanol–water partition coefficient (Wildman–Crippen LogP) is 3.66. The molecule has 0 saturated carbocycles. The number of hydrogen-bond donors (Lipinski definition) is 1. The summed E-state index contributed by atoms with van der Waals surface area (Å²) in [6, 6.07) is 0. The number of ether oxygens (including phenoxy) is 1. The van der Waals surface area contributed by atoms with E-state index in [2.05, 4.69) is 13.8 Å². The second-order valence-corrected chi connectivity index (χ2v) is 6.44. The number of aliphatic carboxylic acids is 1. The van der Waals surface area contributed by atoms with Gasteiger partial charge in [0.2, 0.25) is 0 Å². The number of carboxylic acids is 1. The van der Waals surface area contributed by atoms with Crippen LogP contribution in [-0.2, 0) is 14.3 Å². The van der Waals surface area contributed by atoms with Crippen LogP contribution in [0, 0.1) is 23.7 Å². The number of hydrogen-bond acceptors (Lipinski definition) is 3. The quantitative estimate of drug-likeness (QED) is 0.422. The lowest BCUT2D eigenvalue weighted by Gasteiger charge is -2.28. The van der Waals surface area contributed by atoms with E-state index in [0.717, 1.165) is 19.3 Å². The van der Waals surface area contributed by atoms with Crippen molar-refractivity contribution in [3.8, 4) is 0 Å². The van der Waals surface area contributed by atoms with E-state index in [4.69, 9.17) is 4.74 Å². The zero-order valence-corrected chi connectivity index (χ0v) is 13.4. The number of unbranched alkanes of at least 4 members (excludes halogenated alkanes) is 2. The lowest BCUT2D eigenvalue weighted by molar-refractivity contribution is -0.157. The second kappa shape index (κ2) is 8.85. The lowest BCUT2D eigenvalue weighted by atomic mass is 9.77. The van der Waals surface area contributed by atoms with Crippen molar-refractivity contribution in [2.24, 2.45) is 23.7 Å². The van der Waals surface area contributed by atoms with Crippen molar-refractivity contribution in [2.75, 3.05) is 6.61 Å². The molecule has 120 valence electrons. The molecule has 1 aliphatic carbocycles. The molecule has 3 unspecified atom stereocenters. The molecule has 0 radical (unpaired) electrons. The van der Waals surface area contributed by atoms with Crippen LogP contribution in [0.2, 0.25) is 0 Å². The fraction of sp³-hybridized carbons (Fsp3) is 0.765. The van der Waals surface area contributed by atoms with Crippen LogP contribution >= 0.6 is 0 Å². The first-order chi connectivity index (χ1) is 9.93. The molecule has 4 nitrogen and oxygen atoms in total. The Morgan fingerprint density at radius 3 is 2.62 bits per heavy atom. The first kappa shape index (κ1) is 17.7. The average molecular weight is 296 g/mol. The molecule has 0 aromatic heterocycles. The summed E-state index contributed by atoms with van der Waals surface area (Å²) in [5.74, 6) is -1.93. The van der Waals surface area contributed by atoms with Crippen molar-refractivity contribution in [3.63, 3.8) is 0 Å². The molecule has 1 N–H and O–H groups in total. The Balaban J connectivity index is 2.35. The third-order valence-electron chi connectivity index (χ3n) is 4.08. The van der Waals surface area contributed by atoms with Crippen LogP contribution in [0.3, 0.4) is 0 Å². The Kier molecular flexibility index (Phi) is 7.48. The maximum Gasteiger partial charge on any atom is 0.313 e. The van der Waals surface area contributed by atoms with Crippen molar-refractivity contribution in [1.82, 2.24) is 0 Å². The van der Waals surface area contributed by atoms with Crippen LogP contribution in [0.4, 0.5) is 0 Å². The van der Waals surface area contributed by atoms with Gasteiger partial charge in [-0.25, -0.2) is 0 Å². The minimum atomic E-state index is -0.911. The third-order valence-corrected chi connectivity index (χ3v) is 4.08. The Bertz CT molecular complexity index is 373. The van der Waals surface area contributed by atoms with Crippen molar-refractivity contribution in [2.45, 2.75) is 52.9 Å². The van der Waals surface area contributed by atoms with Crippen molar-refractivity contribution in [1.29, 1.82) is 0 Å². The molecule has 0 aromatic rings. The standard InChI is InChI=1S/C17H28O4/c1-12(2)8-5-4-6-11-21-17(20)14-10-7-9-13(3)15(14)16(18)19/h7,10,12-15H,4-6,8-9,11H2,1-3H3,(H,18,19). The van der Waals surface area contributed by atoms with Gasteiger partial charge in [0.05, 0.1) is 18.4 Å². The molecular weight excluding hydrogens is 268 g/mol. The zero-order valence-electron chi connectivity index (χ0n) is 13.4. The molecule has 3 atom stereocenters. The molecule has 0 saturated heterocycles. The van der Waals surface area contributed by atoms with Gasteiger partial charge in [-0.1, -0.05) is 52.2 Å². The summed E-state index contributed by atoms with van der Waals surface area (Å²) in [5.41, 5.74) is 0. The average Bonchev–Trinajstić information content (AvgIpc) is 2.41. The number of carbonyl (C=O) groups excluding carboxylic acids is 1. The third kappa shape index (κ3) is 5.90. The van der Waals surface area contributed by atoms with E-state index in [0.29, 0.717) is 18.9 Å². The number of rotatable bonds is 8. The molecule has 0 spiro atoms. The van der Waals surface area contributed by atoms with Gasteiger partial charge in [-0.15, -0.1) is 0 Å². The highest BCUT2D eigenvalue weighted by Gasteiger charge is 2.38. The smallest absolute Gasteiger partial charge is 0.313 e. The van der Waals surface area contributed by atoms with E-state index >= 15 is 0 Å². The summed E-state index contributed by atoms with van der Waals surface area (Å²) in [7, 11) is 0. The minimum absolute atomic E-state index is 0.0314. The van der Waals surface area contributed by atoms with Crippen LogP contribution in [0.1, 0.15) is 52.9 Å². The highest BCUT2D eigenvalue weighted by Crippen LogP contribution is 2.31. The molecule has 4 heteroatoms. The molecule has 0 aliphatic heterocycles. The molecule has 1 rings (SSSR count). The van der Waals surface area contributed by atoms with E-state index in [1.165, 1.54) is 6.42 Å². The maximum atomic E-state index is 12.1. The SMILES string of the molecule is CC(C)CCCCCOC(=O)C1C=CCC(C)C1C(=O)O. The Labute approximate surface area is 127 Å².